The van der Waals surface area contributed by atoms with Crippen molar-refractivity contribution in [1.82, 2.24) is 10.2 Å². The fourth-order valence-electron chi connectivity index (χ4n) is 2.47. The number of carbonyl (C=O) groups is 1. The molecule has 1 aromatic rings. The molecule has 1 aliphatic heterocycles. The van der Waals surface area contributed by atoms with E-state index in [1.165, 1.54) is 0 Å². The molecule has 2 atom stereocenters. The van der Waals surface area contributed by atoms with Crippen molar-refractivity contribution >= 4 is 16.7 Å². The number of hydrogen-bond donors (Lipinski definition) is 1. The first-order valence-corrected chi connectivity index (χ1v) is 8.54. The summed E-state index contributed by atoms with van der Waals surface area (Å²) in [6.45, 7) is 1.52. The third-order valence-corrected chi connectivity index (χ3v) is 4.60. The molecule has 0 saturated carbocycles. The zero-order valence-corrected chi connectivity index (χ0v) is 12.9. The van der Waals surface area contributed by atoms with Gasteiger partial charge < -0.3 is 10.2 Å². The second-order valence-corrected chi connectivity index (χ2v) is 6.67. The molecule has 110 valence electrons. The molecule has 0 aliphatic carbocycles. The molecule has 4 nitrogen and oxygen atoms in total. The number of hydrogen-bond acceptors (Lipinski definition) is 3. The minimum Gasteiger partial charge on any atom is -0.340 e. The maximum Gasteiger partial charge on any atom is 0.239 e. The van der Waals surface area contributed by atoms with Crippen LogP contribution in [0.1, 0.15) is 24.8 Å². The van der Waals surface area contributed by atoms with E-state index in [1.807, 2.05) is 31.3 Å². The fraction of sp³-hybridized carbons (Fsp3) is 0.533. The first-order chi connectivity index (χ1) is 9.58. The molecular weight excluding hydrogens is 272 g/mol. The Bertz CT molecular complexity index is 481. The highest BCUT2D eigenvalue weighted by atomic mass is 32.2. The highest BCUT2D eigenvalue weighted by molar-refractivity contribution is 7.84. The Hall–Kier alpha value is -1.20. The quantitative estimate of drug-likeness (QED) is 0.916. The molecule has 0 bridgehead atoms. The third kappa shape index (κ3) is 3.90. The van der Waals surface area contributed by atoms with Gasteiger partial charge in [0.05, 0.1) is 6.04 Å². The van der Waals surface area contributed by atoms with Crippen LogP contribution in [0.5, 0.6) is 0 Å². The predicted octanol–water partition coefficient (Wildman–Crippen LogP) is 1.52. The lowest BCUT2D eigenvalue weighted by molar-refractivity contribution is -0.133. The van der Waals surface area contributed by atoms with E-state index in [4.69, 9.17) is 0 Å². The topological polar surface area (TPSA) is 49.4 Å². The van der Waals surface area contributed by atoms with Crippen molar-refractivity contribution in [1.29, 1.82) is 0 Å². The summed E-state index contributed by atoms with van der Waals surface area (Å²) in [6.07, 6.45) is 4.87. The maximum absolute atomic E-state index is 12.3. The minimum atomic E-state index is -0.953. The standard InChI is InChI=1S/C15H22N2O2S/c1-17(15(18)14-5-3-4-10-16-14)11-12-6-8-13(9-7-12)20(2)19/h6-9,14,16H,3-5,10-11H2,1-2H3. The van der Waals surface area contributed by atoms with Gasteiger partial charge in [-0.2, -0.15) is 0 Å². The lowest BCUT2D eigenvalue weighted by Gasteiger charge is -2.27. The van der Waals surface area contributed by atoms with Gasteiger partial charge in [0, 0.05) is 35.5 Å². The van der Waals surface area contributed by atoms with Crippen molar-refractivity contribution in [2.24, 2.45) is 0 Å². The highest BCUT2D eigenvalue weighted by Gasteiger charge is 2.23. The number of benzene rings is 1. The molecule has 5 heteroatoms. The molecule has 0 spiro atoms. The summed E-state index contributed by atoms with van der Waals surface area (Å²) in [5, 5.41) is 3.28. The monoisotopic (exact) mass is 294 g/mol. The molecule has 1 saturated heterocycles. The van der Waals surface area contributed by atoms with E-state index in [2.05, 4.69) is 5.32 Å². The second kappa shape index (κ2) is 6.99. The molecule has 2 rings (SSSR count). The van der Waals surface area contributed by atoms with Crippen molar-refractivity contribution in [2.45, 2.75) is 36.7 Å². The van der Waals surface area contributed by atoms with Crippen molar-refractivity contribution in [3.05, 3.63) is 29.8 Å². The summed E-state index contributed by atoms with van der Waals surface area (Å²) < 4.78 is 11.3. The molecule has 1 amide bonds. The normalized spacial score (nSPS) is 20.4. The van der Waals surface area contributed by atoms with Crippen molar-refractivity contribution < 1.29 is 9.00 Å². The zero-order chi connectivity index (χ0) is 14.5. The lowest BCUT2D eigenvalue weighted by atomic mass is 10.0. The maximum atomic E-state index is 12.3. The van der Waals surface area contributed by atoms with Gasteiger partial charge >= 0.3 is 0 Å². The summed E-state index contributed by atoms with van der Waals surface area (Å²) in [5.41, 5.74) is 1.06. The van der Waals surface area contributed by atoms with E-state index in [0.717, 1.165) is 36.3 Å². The Balaban J connectivity index is 1.94. The summed E-state index contributed by atoms with van der Waals surface area (Å²) in [6, 6.07) is 7.57. The van der Waals surface area contributed by atoms with Crippen LogP contribution in [0, 0.1) is 0 Å². The molecule has 1 heterocycles. The van der Waals surface area contributed by atoms with Crippen LogP contribution in [0.3, 0.4) is 0 Å². The van der Waals surface area contributed by atoms with E-state index in [1.54, 1.807) is 11.2 Å². The molecule has 0 aromatic heterocycles. The Morgan fingerprint density at radius 1 is 1.35 bits per heavy atom. The minimum absolute atomic E-state index is 0.0313. The molecule has 1 aromatic carbocycles. The zero-order valence-electron chi connectivity index (χ0n) is 12.1. The van der Waals surface area contributed by atoms with Gasteiger partial charge in [-0.3, -0.25) is 9.00 Å². The van der Waals surface area contributed by atoms with E-state index in [9.17, 15) is 9.00 Å². The van der Waals surface area contributed by atoms with Crippen molar-refractivity contribution in [2.75, 3.05) is 19.8 Å². The fourth-order valence-corrected chi connectivity index (χ4v) is 2.99. The highest BCUT2D eigenvalue weighted by Crippen LogP contribution is 2.13. The number of nitrogens with zero attached hydrogens (tertiary/aromatic N) is 1. The van der Waals surface area contributed by atoms with Crippen LogP contribution in [-0.4, -0.2) is 40.9 Å². The molecule has 1 fully saturated rings. The first kappa shape index (κ1) is 15.2. The molecule has 0 radical (unpaired) electrons. The number of amides is 1. The largest absolute Gasteiger partial charge is 0.340 e. The number of carbonyl (C=O) groups excluding carboxylic acids is 1. The molecule has 1 N–H and O–H groups in total. The Morgan fingerprint density at radius 2 is 2.05 bits per heavy atom. The molecule has 2 unspecified atom stereocenters. The van der Waals surface area contributed by atoms with E-state index < -0.39 is 10.8 Å². The average molecular weight is 294 g/mol. The van der Waals surface area contributed by atoms with Gasteiger partial charge in [0.15, 0.2) is 0 Å². The van der Waals surface area contributed by atoms with Gasteiger partial charge in [-0.25, -0.2) is 0 Å². The van der Waals surface area contributed by atoms with Gasteiger partial charge in [-0.05, 0) is 37.1 Å². The first-order valence-electron chi connectivity index (χ1n) is 6.98. The van der Waals surface area contributed by atoms with E-state index in [0.29, 0.717) is 6.54 Å². The van der Waals surface area contributed by atoms with E-state index in [-0.39, 0.29) is 11.9 Å². The summed E-state index contributed by atoms with van der Waals surface area (Å²) >= 11 is 0. The second-order valence-electron chi connectivity index (χ2n) is 5.29. The van der Waals surface area contributed by atoms with Crippen LogP contribution in [-0.2, 0) is 22.1 Å². The van der Waals surface area contributed by atoms with Crippen LogP contribution in [0.2, 0.25) is 0 Å². The van der Waals surface area contributed by atoms with Crippen LogP contribution >= 0.6 is 0 Å². The smallest absolute Gasteiger partial charge is 0.239 e. The molecular formula is C15H22N2O2S. The van der Waals surface area contributed by atoms with Crippen LogP contribution < -0.4 is 5.32 Å². The third-order valence-electron chi connectivity index (χ3n) is 3.66. The van der Waals surface area contributed by atoms with Crippen LogP contribution in [0.4, 0.5) is 0 Å². The average Bonchev–Trinajstić information content (AvgIpc) is 2.48. The lowest BCUT2D eigenvalue weighted by Crippen LogP contribution is -2.46. The van der Waals surface area contributed by atoms with E-state index >= 15 is 0 Å². The van der Waals surface area contributed by atoms with Gasteiger partial charge in [-0.1, -0.05) is 18.6 Å². The predicted molar refractivity (Wildman–Crippen MR) is 80.9 cm³/mol. The van der Waals surface area contributed by atoms with Crippen molar-refractivity contribution in [3.8, 4) is 0 Å². The number of likely N-dealkylation sites (N-methyl/N-ethyl adjacent to an activating group) is 1. The Kier molecular flexibility index (Phi) is 5.31. The molecule has 1 aliphatic rings. The van der Waals surface area contributed by atoms with Crippen molar-refractivity contribution in [3.63, 3.8) is 0 Å². The Labute approximate surface area is 123 Å². The van der Waals surface area contributed by atoms with Crippen LogP contribution in [0.25, 0.3) is 0 Å². The number of piperidine rings is 1. The van der Waals surface area contributed by atoms with Crippen LogP contribution in [0.15, 0.2) is 29.2 Å². The number of rotatable bonds is 4. The van der Waals surface area contributed by atoms with Gasteiger partial charge in [-0.15, -0.1) is 0 Å². The van der Waals surface area contributed by atoms with Gasteiger partial charge in [0.25, 0.3) is 0 Å². The summed E-state index contributed by atoms with van der Waals surface area (Å²) in [7, 11) is 0.885. The number of nitrogens with one attached hydrogen (secondary N) is 1. The van der Waals surface area contributed by atoms with Gasteiger partial charge in [0.2, 0.25) is 5.91 Å². The Morgan fingerprint density at radius 3 is 2.60 bits per heavy atom. The van der Waals surface area contributed by atoms with Gasteiger partial charge in [0.1, 0.15) is 0 Å². The molecule has 20 heavy (non-hydrogen) atoms. The summed E-state index contributed by atoms with van der Waals surface area (Å²) in [4.78, 5) is 14.9. The summed E-state index contributed by atoms with van der Waals surface area (Å²) in [5.74, 6) is 0.160. The SMILES string of the molecule is CN(Cc1ccc(S(C)=O)cc1)C(=O)C1CCCCN1.